The third-order valence-corrected chi connectivity index (χ3v) is 6.61. The minimum Gasteiger partial charge on any atom is -0.372 e. The fourth-order valence-electron chi connectivity index (χ4n) is 4.40. The largest absolute Gasteiger partial charge is 0.372 e. The molecule has 1 aliphatic carbocycles. The molecule has 156 valence electrons. The van der Waals surface area contributed by atoms with Crippen LogP contribution in [0.4, 0.5) is 0 Å². The van der Waals surface area contributed by atoms with Crippen LogP contribution in [0.5, 0.6) is 0 Å². The van der Waals surface area contributed by atoms with Crippen molar-refractivity contribution >= 4 is 22.5 Å². The number of hydrogen-bond acceptors (Lipinski definition) is 4. The lowest BCUT2D eigenvalue weighted by atomic mass is 9.78. The number of fused-ring (bicyclic) bond motifs is 1. The number of piperidine rings is 1. The van der Waals surface area contributed by atoms with Gasteiger partial charge in [-0.25, -0.2) is 0 Å². The smallest absolute Gasteiger partial charge is 0.0918 e. The highest BCUT2D eigenvalue weighted by Gasteiger charge is 2.30. The first kappa shape index (κ1) is 20.2. The monoisotopic (exact) mass is 413 g/mol. The van der Waals surface area contributed by atoms with E-state index in [4.69, 9.17) is 17.3 Å². The van der Waals surface area contributed by atoms with E-state index < -0.39 is 0 Å². The van der Waals surface area contributed by atoms with Gasteiger partial charge in [0.25, 0.3) is 0 Å². The van der Waals surface area contributed by atoms with Gasteiger partial charge >= 0.3 is 0 Å². The molecular formula is C23H32ClN5. The zero-order chi connectivity index (χ0) is 20.4. The molecule has 2 aromatic rings. The highest BCUT2D eigenvalue weighted by molar-refractivity contribution is 6.31. The van der Waals surface area contributed by atoms with Crippen molar-refractivity contribution in [3.05, 3.63) is 59.7 Å². The van der Waals surface area contributed by atoms with Crippen molar-refractivity contribution in [3.8, 4) is 0 Å². The number of aromatic nitrogens is 1. The summed E-state index contributed by atoms with van der Waals surface area (Å²) < 4.78 is 0. The van der Waals surface area contributed by atoms with Gasteiger partial charge in [0, 0.05) is 52.5 Å². The van der Waals surface area contributed by atoms with Crippen LogP contribution < -0.4 is 16.4 Å². The minimum absolute atomic E-state index is 0.111. The van der Waals surface area contributed by atoms with Gasteiger partial charge in [0.05, 0.1) is 12.4 Å². The van der Waals surface area contributed by atoms with Gasteiger partial charge in [0.1, 0.15) is 0 Å². The SMILES string of the molecule is C=C(NCc1cc2cc(Cl)ccc2[nH]1)NC1CCCN(C(=C)C(N)C2CCC2)C1. The van der Waals surface area contributed by atoms with Crippen LogP contribution >= 0.6 is 11.6 Å². The van der Waals surface area contributed by atoms with Crippen molar-refractivity contribution in [3.63, 3.8) is 0 Å². The van der Waals surface area contributed by atoms with Gasteiger partial charge in [-0.2, -0.15) is 0 Å². The van der Waals surface area contributed by atoms with Crippen molar-refractivity contribution < 1.29 is 0 Å². The van der Waals surface area contributed by atoms with Crippen molar-refractivity contribution in [1.29, 1.82) is 0 Å². The molecule has 5 nitrogen and oxygen atoms in total. The number of nitrogens with two attached hydrogens (primary N) is 1. The molecule has 0 amide bonds. The van der Waals surface area contributed by atoms with Crippen molar-refractivity contribution in [2.75, 3.05) is 13.1 Å². The third-order valence-electron chi connectivity index (χ3n) is 6.38. The van der Waals surface area contributed by atoms with Gasteiger partial charge in [0.2, 0.25) is 0 Å². The zero-order valence-corrected chi connectivity index (χ0v) is 17.8. The first-order valence-electron chi connectivity index (χ1n) is 10.7. The minimum atomic E-state index is 0.111. The zero-order valence-electron chi connectivity index (χ0n) is 17.0. The fourth-order valence-corrected chi connectivity index (χ4v) is 4.58. The lowest BCUT2D eigenvalue weighted by Gasteiger charge is -2.41. The Kier molecular flexibility index (Phi) is 6.07. The molecule has 29 heavy (non-hydrogen) atoms. The molecule has 1 saturated carbocycles. The number of nitrogens with one attached hydrogen (secondary N) is 3. The molecule has 1 saturated heterocycles. The Morgan fingerprint density at radius 2 is 2.07 bits per heavy atom. The molecule has 1 aromatic heterocycles. The Hall–Kier alpha value is -2.11. The molecule has 2 unspecified atom stereocenters. The van der Waals surface area contributed by atoms with Crippen molar-refractivity contribution in [2.45, 2.75) is 50.7 Å². The maximum Gasteiger partial charge on any atom is 0.0918 e. The van der Waals surface area contributed by atoms with Crippen LogP contribution in [0, 0.1) is 5.92 Å². The molecule has 2 aliphatic rings. The highest BCUT2D eigenvalue weighted by Crippen LogP contribution is 2.32. The van der Waals surface area contributed by atoms with E-state index in [1.54, 1.807) is 0 Å². The second-order valence-corrected chi connectivity index (χ2v) is 8.93. The van der Waals surface area contributed by atoms with E-state index in [0.29, 0.717) is 18.5 Å². The van der Waals surface area contributed by atoms with E-state index >= 15 is 0 Å². The van der Waals surface area contributed by atoms with Gasteiger partial charge in [-0.15, -0.1) is 0 Å². The maximum atomic E-state index is 6.45. The number of nitrogens with zero attached hydrogens (tertiary/aromatic N) is 1. The van der Waals surface area contributed by atoms with Gasteiger partial charge < -0.3 is 26.3 Å². The Balaban J connectivity index is 1.26. The Labute approximate surface area is 178 Å². The summed E-state index contributed by atoms with van der Waals surface area (Å²) in [5.74, 6) is 1.47. The van der Waals surface area contributed by atoms with Crippen LogP contribution in [0.3, 0.4) is 0 Å². The predicted molar refractivity (Wildman–Crippen MR) is 121 cm³/mol. The van der Waals surface area contributed by atoms with Crippen LogP contribution in [0.2, 0.25) is 5.02 Å². The molecule has 0 radical (unpaired) electrons. The number of halogens is 1. The first-order valence-corrected chi connectivity index (χ1v) is 11.0. The molecule has 0 spiro atoms. The summed E-state index contributed by atoms with van der Waals surface area (Å²) >= 11 is 6.07. The number of benzene rings is 1. The summed E-state index contributed by atoms with van der Waals surface area (Å²) in [7, 11) is 0. The quantitative estimate of drug-likeness (QED) is 0.526. The van der Waals surface area contributed by atoms with Crippen LogP contribution in [0.25, 0.3) is 10.9 Å². The Bertz CT molecular complexity index is 885. The van der Waals surface area contributed by atoms with Crippen molar-refractivity contribution in [2.24, 2.45) is 11.7 Å². The fraction of sp³-hybridized carbons (Fsp3) is 0.478. The normalized spacial score (nSPS) is 20.9. The second-order valence-electron chi connectivity index (χ2n) is 8.50. The molecule has 1 aromatic carbocycles. The average molecular weight is 414 g/mol. The second kappa shape index (κ2) is 8.72. The lowest BCUT2D eigenvalue weighted by molar-refractivity contribution is 0.196. The predicted octanol–water partition coefficient (Wildman–Crippen LogP) is 4.08. The lowest BCUT2D eigenvalue weighted by Crippen LogP contribution is -2.50. The molecule has 2 heterocycles. The standard InChI is InChI=1S/C23H32ClN5/c1-15(23(25)17-5-3-6-17)29-10-4-7-20(14-29)27-16(2)26-13-21-12-18-11-19(24)8-9-22(18)28-21/h8-9,11-12,17,20,23,26-28H,1-7,10,13-14,25H2. The molecule has 2 atom stereocenters. The number of likely N-dealkylation sites (tertiary alicyclic amines) is 1. The number of rotatable bonds is 8. The Morgan fingerprint density at radius 1 is 1.24 bits per heavy atom. The number of aromatic amines is 1. The van der Waals surface area contributed by atoms with Crippen molar-refractivity contribution in [1.82, 2.24) is 20.5 Å². The molecule has 2 fully saturated rings. The summed E-state index contributed by atoms with van der Waals surface area (Å²) in [5, 5.41) is 8.81. The number of H-pyrrole nitrogens is 1. The van der Waals surface area contributed by atoms with E-state index in [1.165, 1.54) is 19.3 Å². The van der Waals surface area contributed by atoms with E-state index in [1.807, 2.05) is 18.2 Å². The highest BCUT2D eigenvalue weighted by atomic mass is 35.5. The summed E-state index contributed by atoms with van der Waals surface area (Å²) in [6.45, 7) is 11.2. The van der Waals surface area contributed by atoms with Gasteiger partial charge in [-0.1, -0.05) is 31.2 Å². The van der Waals surface area contributed by atoms with Crippen LogP contribution in [0.15, 0.2) is 48.9 Å². The van der Waals surface area contributed by atoms with E-state index in [9.17, 15) is 0 Å². The van der Waals surface area contributed by atoms with Crippen LogP contribution in [-0.2, 0) is 6.54 Å². The average Bonchev–Trinajstić information content (AvgIpc) is 3.06. The van der Waals surface area contributed by atoms with Crippen LogP contribution in [0.1, 0.15) is 37.8 Å². The molecule has 6 heteroatoms. The van der Waals surface area contributed by atoms with Gasteiger partial charge in [-0.3, -0.25) is 0 Å². The topological polar surface area (TPSA) is 69.1 Å². The Morgan fingerprint density at radius 3 is 2.83 bits per heavy atom. The molecular weight excluding hydrogens is 382 g/mol. The molecule has 1 aliphatic heterocycles. The molecule has 0 bridgehead atoms. The number of hydrogen-bond donors (Lipinski definition) is 4. The first-order chi connectivity index (χ1) is 14.0. The van der Waals surface area contributed by atoms with Gasteiger partial charge in [-0.05, 0) is 55.9 Å². The van der Waals surface area contributed by atoms with E-state index in [2.05, 4.69) is 39.7 Å². The van der Waals surface area contributed by atoms with E-state index in [-0.39, 0.29) is 6.04 Å². The molecule has 5 N–H and O–H groups in total. The van der Waals surface area contributed by atoms with Crippen LogP contribution in [-0.4, -0.2) is 35.1 Å². The third kappa shape index (κ3) is 4.73. The maximum absolute atomic E-state index is 6.45. The summed E-state index contributed by atoms with van der Waals surface area (Å²) in [4.78, 5) is 5.79. The van der Waals surface area contributed by atoms with E-state index in [0.717, 1.165) is 59.1 Å². The molecule has 4 rings (SSSR count). The van der Waals surface area contributed by atoms with Gasteiger partial charge in [0.15, 0.2) is 0 Å². The summed E-state index contributed by atoms with van der Waals surface area (Å²) in [6, 6.07) is 8.47. The summed E-state index contributed by atoms with van der Waals surface area (Å²) in [6.07, 6.45) is 6.08. The summed E-state index contributed by atoms with van der Waals surface area (Å²) in [5.41, 5.74) is 9.76.